The summed E-state index contributed by atoms with van der Waals surface area (Å²) in [6.45, 7) is 2.36. The molecule has 0 aliphatic carbocycles. The average Bonchev–Trinajstić information content (AvgIpc) is 2.93. The number of aromatic nitrogens is 3. The maximum absolute atomic E-state index is 14.0. The van der Waals surface area contributed by atoms with Crippen LogP contribution in [0.1, 0.15) is 6.92 Å². The molecule has 0 bridgehead atoms. The molecule has 0 saturated heterocycles. The molecule has 2 N–H and O–H groups in total. The predicted octanol–water partition coefficient (Wildman–Crippen LogP) is 1.62. The number of hydrogen-bond acceptors (Lipinski definition) is 4. The van der Waals surface area contributed by atoms with E-state index in [9.17, 15) is 9.18 Å². The van der Waals surface area contributed by atoms with Gasteiger partial charge in [0, 0.05) is 18.2 Å². The third-order valence-electron chi connectivity index (χ3n) is 2.84. The molecule has 114 valence electrons. The zero-order valence-corrected chi connectivity index (χ0v) is 12.5. The second-order valence-electron chi connectivity index (χ2n) is 4.45. The van der Waals surface area contributed by atoms with Gasteiger partial charge in [0.1, 0.15) is 18.3 Å². The van der Waals surface area contributed by atoms with Gasteiger partial charge in [0.05, 0.1) is 0 Å². The molecule has 1 aromatic heterocycles. The predicted molar refractivity (Wildman–Crippen MR) is 80.3 cm³/mol. The van der Waals surface area contributed by atoms with Crippen molar-refractivity contribution in [2.24, 2.45) is 5.92 Å². The molecular formula is C13H17ClFN5O. The van der Waals surface area contributed by atoms with E-state index in [4.69, 9.17) is 0 Å². The van der Waals surface area contributed by atoms with E-state index < -0.39 is 5.82 Å². The Bertz CT molecular complexity index is 590. The van der Waals surface area contributed by atoms with Gasteiger partial charge in [0.2, 0.25) is 5.91 Å². The Labute approximate surface area is 128 Å². The number of nitrogens with zero attached hydrogens (tertiary/aromatic N) is 3. The molecule has 0 aliphatic heterocycles. The minimum absolute atomic E-state index is 0. The Hall–Kier alpha value is -1.99. The monoisotopic (exact) mass is 313 g/mol. The lowest BCUT2D eigenvalue weighted by molar-refractivity contribution is -0.119. The maximum Gasteiger partial charge on any atom is 0.228 e. The fraction of sp³-hybridized carbons (Fsp3) is 0.308. The first-order valence-electron chi connectivity index (χ1n) is 6.22. The first-order chi connectivity index (χ1) is 9.61. The fourth-order valence-corrected chi connectivity index (χ4v) is 1.77. The molecule has 21 heavy (non-hydrogen) atoms. The summed E-state index contributed by atoms with van der Waals surface area (Å²) in [4.78, 5) is 15.6. The lowest BCUT2D eigenvalue weighted by Crippen LogP contribution is -2.28. The Kier molecular flexibility index (Phi) is 6.26. The Morgan fingerprint density at radius 3 is 2.81 bits per heavy atom. The van der Waals surface area contributed by atoms with Gasteiger partial charge in [-0.15, -0.1) is 12.4 Å². The summed E-state index contributed by atoms with van der Waals surface area (Å²) in [5, 5.41) is 9.46. The van der Waals surface area contributed by atoms with Crippen molar-refractivity contribution in [3.05, 3.63) is 36.7 Å². The number of carbonyl (C=O) groups is 1. The highest BCUT2D eigenvalue weighted by molar-refractivity contribution is 5.92. The van der Waals surface area contributed by atoms with Crippen LogP contribution in [0, 0.1) is 11.7 Å². The SMILES string of the molecule is CNCC(C)C(=O)Nc1ccc(-n2cncn2)c(F)c1.Cl. The molecule has 6 nitrogen and oxygen atoms in total. The van der Waals surface area contributed by atoms with Gasteiger partial charge in [-0.2, -0.15) is 5.10 Å². The minimum atomic E-state index is -0.477. The number of amides is 1. The van der Waals surface area contributed by atoms with Crippen LogP contribution in [0.25, 0.3) is 5.69 Å². The van der Waals surface area contributed by atoms with Gasteiger partial charge in [-0.05, 0) is 25.2 Å². The van der Waals surface area contributed by atoms with Crippen LogP contribution < -0.4 is 10.6 Å². The van der Waals surface area contributed by atoms with Crippen LogP contribution in [0.3, 0.4) is 0 Å². The summed E-state index contributed by atoms with van der Waals surface area (Å²) in [7, 11) is 1.77. The second kappa shape index (κ2) is 7.70. The van der Waals surface area contributed by atoms with E-state index in [0.29, 0.717) is 12.2 Å². The molecule has 8 heteroatoms. The molecular weight excluding hydrogens is 297 g/mol. The highest BCUT2D eigenvalue weighted by Gasteiger charge is 2.13. The Balaban J connectivity index is 0.00000220. The number of carbonyl (C=O) groups excluding carboxylic acids is 1. The Morgan fingerprint density at radius 2 is 2.24 bits per heavy atom. The van der Waals surface area contributed by atoms with Gasteiger partial charge in [0.15, 0.2) is 5.82 Å². The molecule has 2 aromatic rings. The number of anilines is 1. The van der Waals surface area contributed by atoms with Crippen LogP contribution in [0.4, 0.5) is 10.1 Å². The van der Waals surface area contributed by atoms with Crippen LogP contribution in [-0.2, 0) is 4.79 Å². The van der Waals surface area contributed by atoms with Crippen LogP contribution in [0.2, 0.25) is 0 Å². The van der Waals surface area contributed by atoms with Crippen molar-refractivity contribution in [2.75, 3.05) is 18.9 Å². The van der Waals surface area contributed by atoms with E-state index in [-0.39, 0.29) is 29.9 Å². The number of halogens is 2. The van der Waals surface area contributed by atoms with Crippen molar-refractivity contribution in [3.8, 4) is 5.69 Å². The summed E-state index contributed by atoms with van der Waals surface area (Å²) >= 11 is 0. The van der Waals surface area contributed by atoms with Gasteiger partial charge >= 0.3 is 0 Å². The molecule has 1 unspecified atom stereocenters. The first-order valence-corrected chi connectivity index (χ1v) is 6.22. The summed E-state index contributed by atoms with van der Waals surface area (Å²) in [6, 6.07) is 4.44. The molecule has 1 atom stereocenters. The summed E-state index contributed by atoms with van der Waals surface area (Å²) in [5.74, 6) is -0.833. The summed E-state index contributed by atoms with van der Waals surface area (Å²) < 4.78 is 15.3. The van der Waals surface area contributed by atoms with Crippen molar-refractivity contribution in [1.82, 2.24) is 20.1 Å². The zero-order chi connectivity index (χ0) is 14.5. The third-order valence-corrected chi connectivity index (χ3v) is 2.84. The highest BCUT2D eigenvalue weighted by Crippen LogP contribution is 2.17. The lowest BCUT2D eigenvalue weighted by Gasteiger charge is -2.12. The van der Waals surface area contributed by atoms with Crippen molar-refractivity contribution < 1.29 is 9.18 Å². The molecule has 1 heterocycles. The standard InChI is InChI=1S/C13H16FN5O.ClH/c1-9(6-15-2)13(20)18-10-3-4-12(11(14)5-10)19-8-16-7-17-19;/h3-5,7-9,15H,6H2,1-2H3,(H,18,20);1H. The summed E-state index contributed by atoms with van der Waals surface area (Å²) in [5.41, 5.74) is 0.697. The molecule has 0 radical (unpaired) electrons. The topological polar surface area (TPSA) is 71.8 Å². The maximum atomic E-state index is 14.0. The fourth-order valence-electron chi connectivity index (χ4n) is 1.77. The van der Waals surface area contributed by atoms with Crippen molar-refractivity contribution in [2.45, 2.75) is 6.92 Å². The normalized spacial score (nSPS) is 11.6. The lowest BCUT2D eigenvalue weighted by atomic mass is 10.1. The van der Waals surface area contributed by atoms with Gasteiger partial charge in [-0.3, -0.25) is 4.79 Å². The summed E-state index contributed by atoms with van der Waals surface area (Å²) in [6.07, 6.45) is 2.74. The van der Waals surface area contributed by atoms with Crippen molar-refractivity contribution in [1.29, 1.82) is 0 Å². The van der Waals surface area contributed by atoms with Gasteiger partial charge < -0.3 is 10.6 Å². The van der Waals surface area contributed by atoms with Crippen LogP contribution >= 0.6 is 12.4 Å². The number of nitrogens with one attached hydrogen (secondary N) is 2. The highest BCUT2D eigenvalue weighted by atomic mass is 35.5. The number of rotatable bonds is 5. The second-order valence-corrected chi connectivity index (χ2v) is 4.45. The first kappa shape index (κ1) is 17.1. The molecule has 0 aliphatic rings. The largest absolute Gasteiger partial charge is 0.326 e. The number of hydrogen-bond donors (Lipinski definition) is 2. The van der Waals surface area contributed by atoms with E-state index in [2.05, 4.69) is 20.7 Å². The quantitative estimate of drug-likeness (QED) is 0.880. The van der Waals surface area contributed by atoms with E-state index in [1.54, 1.807) is 26.1 Å². The van der Waals surface area contributed by atoms with Crippen LogP contribution in [0.5, 0.6) is 0 Å². The average molecular weight is 314 g/mol. The van der Waals surface area contributed by atoms with Crippen LogP contribution in [0.15, 0.2) is 30.9 Å². The van der Waals surface area contributed by atoms with E-state index in [1.165, 1.54) is 23.4 Å². The van der Waals surface area contributed by atoms with Gasteiger partial charge in [0.25, 0.3) is 0 Å². The van der Waals surface area contributed by atoms with Gasteiger partial charge in [-0.25, -0.2) is 14.1 Å². The minimum Gasteiger partial charge on any atom is -0.326 e. The third kappa shape index (κ3) is 4.24. The zero-order valence-electron chi connectivity index (χ0n) is 11.7. The van der Waals surface area contributed by atoms with Crippen molar-refractivity contribution >= 4 is 24.0 Å². The van der Waals surface area contributed by atoms with Crippen LogP contribution in [-0.4, -0.2) is 34.3 Å². The van der Waals surface area contributed by atoms with E-state index in [0.717, 1.165) is 0 Å². The molecule has 2 rings (SSSR count). The molecule has 1 amide bonds. The molecule has 0 spiro atoms. The van der Waals surface area contributed by atoms with E-state index in [1.807, 2.05) is 0 Å². The smallest absolute Gasteiger partial charge is 0.228 e. The van der Waals surface area contributed by atoms with Crippen molar-refractivity contribution in [3.63, 3.8) is 0 Å². The Morgan fingerprint density at radius 1 is 1.48 bits per heavy atom. The van der Waals surface area contributed by atoms with E-state index >= 15 is 0 Å². The molecule has 0 saturated carbocycles. The molecule has 0 fully saturated rings. The van der Waals surface area contributed by atoms with Gasteiger partial charge in [-0.1, -0.05) is 6.92 Å². The number of benzene rings is 1. The molecule has 1 aromatic carbocycles.